The van der Waals surface area contributed by atoms with Gasteiger partial charge in [-0.15, -0.1) is 0 Å². The summed E-state index contributed by atoms with van der Waals surface area (Å²) in [4.78, 5) is 26.0. The number of carbonyl (C=O) groups is 2. The fourth-order valence-corrected chi connectivity index (χ4v) is 2.73. The summed E-state index contributed by atoms with van der Waals surface area (Å²) in [6.45, 7) is 5.45. The van der Waals surface area contributed by atoms with Crippen molar-refractivity contribution in [2.75, 3.05) is 4.90 Å². The zero-order chi connectivity index (χ0) is 14.2. The van der Waals surface area contributed by atoms with Crippen LogP contribution in [0.25, 0.3) is 0 Å². The van der Waals surface area contributed by atoms with E-state index >= 15 is 0 Å². The van der Waals surface area contributed by atoms with E-state index in [2.05, 4.69) is 5.32 Å². The molecular formula is C14H17ClN2O2. The molecular weight excluding hydrogens is 264 g/mol. The van der Waals surface area contributed by atoms with Crippen LogP contribution in [-0.2, 0) is 9.59 Å². The number of carbonyl (C=O) groups excluding carboxylic acids is 2. The molecule has 1 aliphatic rings. The summed E-state index contributed by atoms with van der Waals surface area (Å²) < 4.78 is 0. The molecule has 2 amide bonds. The highest BCUT2D eigenvalue weighted by Crippen LogP contribution is 2.33. The molecule has 0 saturated carbocycles. The van der Waals surface area contributed by atoms with Gasteiger partial charge in [-0.3, -0.25) is 14.5 Å². The molecule has 0 spiro atoms. The zero-order valence-electron chi connectivity index (χ0n) is 11.2. The molecule has 1 saturated heterocycles. The quantitative estimate of drug-likeness (QED) is 0.903. The van der Waals surface area contributed by atoms with Gasteiger partial charge in [0.1, 0.15) is 12.1 Å². The Balaban J connectivity index is 2.55. The molecule has 1 fully saturated rings. The number of piperazine rings is 1. The highest BCUT2D eigenvalue weighted by Gasteiger charge is 2.39. The van der Waals surface area contributed by atoms with Gasteiger partial charge in [-0.25, -0.2) is 0 Å². The van der Waals surface area contributed by atoms with E-state index in [9.17, 15) is 9.59 Å². The van der Waals surface area contributed by atoms with Crippen LogP contribution in [0.1, 0.15) is 25.8 Å². The summed E-state index contributed by atoms with van der Waals surface area (Å²) in [6, 6.07) is 4.44. The molecule has 1 aromatic carbocycles. The number of rotatable bonds is 2. The smallest absolute Gasteiger partial charge is 0.250 e. The zero-order valence-corrected chi connectivity index (χ0v) is 12.0. The summed E-state index contributed by atoms with van der Waals surface area (Å²) in [6.07, 6.45) is 0.551. The van der Waals surface area contributed by atoms with Gasteiger partial charge in [0.2, 0.25) is 11.8 Å². The molecule has 2 rings (SSSR count). The van der Waals surface area contributed by atoms with E-state index in [4.69, 9.17) is 11.6 Å². The maximum absolute atomic E-state index is 12.4. The molecule has 19 heavy (non-hydrogen) atoms. The van der Waals surface area contributed by atoms with Gasteiger partial charge in [0.05, 0.1) is 10.7 Å². The van der Waals surface area contributed by atoms with Gasteiger partial charge in [-0.2, -0.15) is 0 Å². The van der Waals surface area contributed by atoms with Crippen molar-refractivity contribution < 1.29 is 9.59 Å². The maximum atomic E-state index is 12.4. The Morgan fingerprint density at radius 2 is 2.05 bits per heavy atom. The maximum Gasteiger partial charge on any atom is 0.250 e. The highest BCUT2D eigenvalue weighted by atomic mass is 35.5. The van der Waals surface area contributed by atoms with Crippen LogP contribution in [0.5, 0.6) is 0 Å². The third kappa shape index (κ3) is 2.32. The topological polar surface area (TPSA) is 49.4 Å². The molecule has 5 heteroatoms. The van der Waals surface area contributed by atoms with Crippen LogP contribution in [-0.4, -0.2) is 23.9 Å². The molecule has 0 aromatic heterocycles. The van der Waals surface area contributed by atoms with Gasteiger partial charge in [-0.1, -0.05) is 30.7 Å². The Hall–Kier alpha value is -1.55. The fourth-order valence-electron chi connectivity index (χ4n) is 2.41. The number of amides is 2. The molecule has 0 aliphatic carbocycles. The van der Waals surface area contributed by atoms with Crippen molar-refractivity contribution in [3.8, 4) is 0 Å². The molecule has 1 aromatic rings. The molecule has 2 atom stereocenters. The van der Waals surface area contributed by atoms with Crippen LogP contribution < -0.4 is 10.2 Å². The van der Waals surface area contributed by atoms with Crippen molar-refractivity contribution in [3.05, 3.63) is 28.8 Å². The number of hydrogen-bond acceptors (Lipinski definition) is 2. The number of para-hydroxylation sites is 1. The Bertz CT molecular complexity index is 510. The van der Waals surface area contributed by atoms with Crippen LogP contribution in [0.15, 0.2) is 18.2 Å². The molecule has 0 radical (unpaired) electrons. The first-order chi connectivity index (χ1) is 8.97. The average Bonchev–Trinajstić information content (AvgIpc) is 2.35. The third-order valence-electron chi connectivity index (χ3n) is 3.40. The van der Waals surface area contributed by atoms with E-state index in [0.29, 0.717) is 17.1 Å². The predicted molar refractivity (Wildman–Crippen MR) is 75.4 cm³/mol. The first-order valence-electron chi connectivity index (χ1n) is 6.36. The molecule has 4 nitrogen and oxygen atoms in total. The number of benzene rings is 1. The van der Waals surface area contributed by atoms with Crippen LogP contribution in [0.3, 0.4) is 0 Å². The largest absolute Gasteiger partial charge is 0.343 e. The lowest BCUT2D eigenvalue weighted by atomic mass is 10.0. The molecule has 1 N–H and O–H groups in total. The molecule has 1 aliphatic heterocycles. The summed E-state index contributed by atoms with van der Waals surface area (Å²) in [5.41, 5.74) is 1.53. The van der Waals surface area contributed by atoms with Gasteiger partial charge in [0.25, 0.3) is 0 Å². The van der Waals surface area contributed by atoms with Gasteiger partial charge < -0.3 is 5.32 Å². The van der Waals surface area contributed by atoms with Crippen molar-refractivity contribution in [2.45, 2.75) is 39.3 Å². The molecule has 102 valence electrons. The second kappa shape index (κ2) is 5.21. The van der Waals surface area contributed by atoms with Gasteiger partial charge >= 0.3 is 0 Å². The first kappa shape index (κ1) is 13.9. The second-order valence-corrected chi connectivity index (χ2v) is 5.18. The monoisotopic (exact) mass is 280 g/mol. The van der Waals surface area contributed by atoms with E-state index in [1.807, 2.05) is 26.0 Å². The lowest BCUT2D eigenvalue weighted by Gasteiger charge is -2.38. The molecule has 2 unspecified atom stereocenters. The van der Waals surface area contributed by atoms with Gasteiger partial charge in [-0.05, 0) is 31.9 Å². The standard InChI is InChI=1S/C14H17ClN2O2/c1-4-11-13(18)16-9(3)14(19)17(11)12-8(2)6-5-7-10(12)15/h5-7,9,11H,4H2,1-3H3,(H,16,18). The van der Waals surface area contributed by atoms with E-state index < -0.39 is 12.1 Å². The van der Waals surface area contributed by atoms with Gasteiger partial charge in [0, 0.05) is 0 Å². The minimum atomic E-state index is -0.522. The number of aryl methyl sites for hydroxylation is 1. The van der Waals surface area contributed by atoms with Crippen molar-refractivity contribution in [3.63, 3.8) is 0 Å². The normalized spacial score (nSPS) is 23.5. The minimum absolute atomic E-state index is 0.123. The van der Waals surface area contributed by atoms with Crippen LogP contribution >= 0.6 is 11.6 Å². The Morgan fingerprint density at radius 3 is 2.63 bits per heavy atom. The average molecular weight is 281 g/mol. The minimum Gasteiger partial charge on any atom is -0.343 e. The number of halogens is 1. The Morgan fingerprint density at radius 1 is 1.37 bits per heavy atom. The SMILES string of the molecule is CCC1C(=O)NC(C)C(=O)N1c1c(C)cccc1Cl. The third-order valence-corrected chi connectivity index (χ3v) is 3.70. The lowest BCUT2D eigenvalue weighted by Crippen LogP contribution is -2.62. The summed E-state index contributed by atoms with van der Waals surface area (Å²) in [7, 11) is 0. The lowest BCUT2D eigenvalue weighted by molar-refractivity contribution is -0.133. The van der Waals surface area contributed by atoms with E-state index in [0.717, 1.165) is 5.56 Å². The van der Waals surface area contributed by atoms with Crippen LogP contribution in [0.4, 0.5) is 5.69 Å². The van der Waals surface area contributed by atoms with Crippen molar-refractivity contribution in [2.24, 2.45) is 0 Å². The van der Waals surface area contributed by atoms with Crippen molar-refractivity contribution in [1.82, 2.24) is 5.32 Å². The number of hydrogen-bond donors (Lipinski definition) is 1. The van der Waals surface area contributed by atoms with E-state index in [1.54, 1.807) is 17.9 Å². The highest BCUT2D eigenvalue weighted by molar-refractivity contribution is 6.34. The fraction of sp³-hybridized carbons (Fsp3) is 0.429. The Kier molecular flexibility index (Phi) is 3.80. The second-order valence-electron chi connectivity index (χ2n) is 4.77. The predicted octanol–water partition coefficient (Wildman–Crippen LogP) is 2.28. The molecule has 1 heterocycles. The van der Waals surface area contributed by atoms with Crippen molar-refractivity contribution >= 4 is 29.1 Å². The number of anilines is 1. The van der Waals surface area contributed by atoms with Crippen LogP contribution in [0.2, 0.25) is 5.02 Å². The Labute approximate surface area is 117 Å². The number of nitrogens with zero attached hydrogens (tertiary/aromatic N) is 1. The molecule has 0 bridgehead atoms. The summed E-state index contributed by atoms with van der Waals surface area (Å²) in [5.74, 6) is -0.253. The van der Waals surface area contributed by atoms with Crippen molar-refractivity contribution in [1.29, 1.82) is 0 Å². The summed E-state index contributed by atoms with van der Waals surface area (Å²) >= 11 is 6.22. The first-order valence-corrected chi connectivity index (χ1v) is 6.73. The van der Waals surface area contributed by atoms with Gasteiger partial charge in [0.15, 0.2) is 0 Å². The number of nitrogens with one attached hydrogen (secondary N) is 1. The summed E-state index contributed by atoms with van der Waals surface area (Å²) in [5, 5.41) is 3.19. The van der Waals surface area contributed by atoms with Crippen LogP contribution in [0, 0.1) is 6.92 Å². The van der Waals surface area contributed by atoms with E-state index in [1.165, 1.54) is 0 Å². The van der Waals surface area contributed by atoms with E-state index in [-0.39, 0.29) is 11.8 Å².